The van der Waals surface area contributed by atoms with Gasteiger partial charge in [-0.1, -0.05) is 0 Å². The third-order valence-electron chi connectivity index (χ3n) is 0.910. The molecule has 8 heteroatoms. The predicted octanol–water partition coefficient (Wildman–Crippen LogP) is -4.87. The van der Waals surface area contributed by atoms with Crippen LogP contribution in [0.5, 0.6) is 0 Å². The molecule has 0 aliphatic heterocycles. The van der Waals surface area contributed by atoms with Gasteiger partial charge in [-0.05, 0) is 6.92 Å². The average molecular weight is 207 g/mol. The summed E-state index contributed by atoms with van der Waals surface area (Å²) in [5.74, 6) is -2.35. The Labute approximate surface area is 93.0 Å². The normalized spacial score (nSPS) is 15.1. The van der Waals surface area contributed by atoms with Crippen molar-refractivity contribution in [3.8, 4) is 0 Å². The molecule has 0 saturated carbocycles. The molecule has 0 aliphatic carbocycles. The van der Waals surface area contributed by atoms with Crippen LogP contribution in [0.25, 0.3) is 0 Å². The van der Waals surface area contributed by atoms with Crippen molar-refractivity contribution in [3.63, 3.8) is 0 Å². The van der Waals surface area contributed by atoms with Gasteiger partial charge in [0, 0.05) is 6.92 Å². The van der Waals surface area contributed by atoms with Crippen LogP contribution in [-0.4, -0.2) is 34.5 Å². The maximum atomic E-state index is 10.2. The van der Waals surface area contributed by atoms with Crippen molar-refractivity contribution >= 4 is 10.1 Å². The summed E-state index contributed by atoms with van der Waals surface area (Å²) < 4.78 is 30.5. The third-order valence-corrected chi connectivity index (χ3v) is 1.89. The molecule has 0 bridgehead atoms. The van der Waals surface area contributed by atoms with E-state index in [0.29, 0.717) is 0 Å². The molecule has 0 fully saturated rings. The van der Waals surface area contributed by atoms with Gasteiger partial charge in [0.05, 0.1) is 5.37 Å². The Morgan fingerprint density at radius 1 is 1.50 bits per heavy atom. The van der Waals surface area contributed by atoms with E-state index in [4.69, 9.17) is 10.2 Å². The van der Waals surface area contributed by atoms with Gasteiger partial charge in [0.2, 0.25) is 5.91 Å². The zero-order valence-corrected chi connectivity index (χ0v) is 9.92. The number of hydrogen-bond acceptors (Lipinski definition) is 6. The molecule has 0 aromatic rings. The number of aliphatic hydroxyl groups is 2. The molecule has 1 atom stereocenters. The first-order chi connectivity index (χ1) is 4.63. The van der Waals surface area contributed by atoms with E-state index in [-0.39, 0.29) is 29.6 Å². The second-order valence-electron chi connectivity index (χ2n) is 2.30. The molecule has 0 heterocycles. The topological polar surface area (TPSA) is 110 Å². The average Bonchev–Trinajstić information content (AvgIpc) is 1.56. The summed E-state index contributed by atoms with van der Waals surface area (Å²) in [5, 5.41) is 17.4. The fraction of sp³-hybridized carbons (Fsp3) is 1.00. The van der Waals surface area contributed by atoms with Crippen LogP contribution >= 0.6 is 0 Å². The van der Waals surface area contributed by atoms with Gasteiger partial charge >= 0.3 is 29.6 Å². The molecule has 1 unspecified atom stereocenters. The SMILES string of the molecule is CC(NC(C)(O)O)S(=O)(=O)[O-].[Na+]. The second-order valence-corrected chi connectivity index (χ2v) is 3.99. The van der Waals surface area contributed by atoms with Crippen LogP contribution in [0.2, 0.25) is 0 Å². The predicted molar refractivity (Wildman–Crippen MR) is 35.1 cm³/mol. The van der Waals surface area contributed by atoms with E-state index in [0.717, 1.165) is 13.8 Å². The van der Waals surface area contributed by atoms with Crippen molar-refractivity contribution in [2.45, 2.75) is 25.1 Å². The van der Waals surface area contributed by atoms with Gasteiger partial charge in [-0.25, -0.2) is 8.42 Å². The van der Waals surface area contributed by atoms with Crippen LogP contribution in [0.15, 0.2) is 0 Å². The molecule has 0 spiro atoms. The first-order valence-corrected chi connectivity index (χ1v) is 4.27. The van der Waals surface area contributed by atoms with Gasteiger partial charge in [-0.15, -0.1) is 0 Å². The van der Waals surface area contributed by atoms with Crippen molar-refractivity contribution in [1.29, 1.82) is 0 Å². The molecule has 0 aromatic carbocycles. The standard InChI is InChI=1S/C4H11NO5S.Na/c1-3(11(8,9)10)5-4(2,6)7;/h3,5-7H,1-2H3,(H,8,9,10);/q;+1/p-1. The van der Waals surface area contributed by atoms with Gasteiger partial charge in [-0.2, -0.15) is 0 Å². The monoisotopic (exact) mass is 207 g/mol. The van der Waals surface area contributed by atoms with Gasteiger partial charge in [0.25, 0.3) is 0 Å². The number of nitrogens with one attached hydrogen (secondary N) is 1. The Hall–Kier alpha value is 0.790. The van der Waals surface area contributed by atoms with Gasteiger partial charge in [0.15, 0.2) is 0 Å². The van der Waals surface area contributed by atoms with Crippen LogP contribution in [0.3, 0.4) is 0 Å². The Morgan fingerprint density at radius 2 is 1.83 bits per heavy atom. The van der Waals surface area contributed by atoms with Gasteiger partial charge in [0.1, 0.15) is 10.1 Å². The van der Waals surface area contributed by atoms with Crippen molar-refractivity contribution in [2.24, 2.45) is 0 Å². The van der Waals surface area contributed by atoms with E-state index >= 15 is 0 Å². The molecule has 0 rings (SSSR count). The first kappa shape index (κ1) is 15.3. The quantitative estimate of drug-likeness (QED) is 0.243. The van der Waals surface area contributed by atoms with Crippen molar-refractivity contribution in [2.75, 3.05) is 0 Å². The minimum Gasteiger partial charge on any atom is -0.747 e. The molecular formula is C4H10NNaO5S. The van der Waals surface area contributed by atoms with Crippen molar-refractivity contribution < 1.29 is 52.7 Å². The van der Waals surface area contributed by atoms with Crippen LogP contribution in [0.4, 0.5) is 0 Å². The molecule has 6 nitrogen and oxygen atoms in total. The minimum atomic E-state index is -4.52. The largest absolute Gasteiger partial charge is 1.00 e. The summed E-state index contributed by atoms with van der Waals surface area (Å²) in [6, 6.07) is 0. The summed E-state index contributed by atoms with van der Waals surface area (Å²) in [5.41, 5.74) is 0. The summed E-state index contributed by atoms with van der Waals surface area (Å²) in [7, 11) is -4.52. The van der Waals surface area contributed by atoms with Crippen LogP contribution in [-0.2, 0) is 10.1 Å². The van der Waals surface area contributed by atoms with Crippen LogP contribution in [0, 0.1) is 0 Å². The fourth-order valence-electron chi connectivity index (χ4n) is 0.457. The molecule has 0 amide bonds. The maximum absolute atomic E-state index is 10.2. The van der Waals surface area contributed by atoms with E-state index < -0.39 is 21.4 Å². The summed E-state index contributed by atoms with van der Waals surface area (Å²) in [4.78, 5) is 0. The zero-order chi connectivity index (χ0) is 9.28. The van der Waals surface area contributed by atoms with E-state index in [1.807, 2.05) is 0 Å². The smallest absolute Gasteiger partial charge is 0.747 e. The number of rotatable bonds is 3. The van der Waals surface area contributed by atoms with Crippen LogP contribution < -0.4 is 34.9 Å². The molecule has 0 radical (unpaired) electrons. The Bertz CT molecular complexity index is 220. The molecule has 3 N–H and O–H groups in total. The van der Waals surface area contributed by atoms with E-state index in [2.05, 4.69) is 0 Å². The van der Waals surface area contributed by atoms with E-state index in [9.17, 15) is 13.0 Å². The first-order valence-electron chi connectivity index (χ1n) is 2.80. The van der Waals surface area contributed by atoms with Crippen LogP contribution in [0.1, 0.15) is 13.8 Å². The molecule has 0 aromatic heterocycles. The summed E-state index contributed by atoms with van der Waals surface area (Å²) >= 11 is 0. The van der Waals surface area contributed by atoms with Gasteiger partial charge < -0.3 is 14.8 Å². The summed E-state index contributed by atoms with van der Waals surface area (Å²) in [6.45, 7) is 1.93. The zero-order valence-electron chi connectivity index (χ0n) is 7.10. The number of hydrogen-bond donors (Lipinski definition) is 3. The molecule has 12 heavy (non-hydrogen) atoms. The molecular weight excluding hydrogens is 197 g/mol. The second kappa shape index (κ2) is 4.87. The van der Waals surface area contributed by atoms with E-state index in [1.54, 1.807) is 5.32 Å². The van der Waals surface area contributed by atoms with Crippen molar-refractivity contribution in [1.82, 2.24) is 5.32 Å². The minimum absolute atomic E-state index is 0. The Morgan fingerprint density at radius 3 is 1.92 bits per heavy atom. The van der Waals surface area contributed by atoms with Gasteiger partial charge in [-0.3, -0.25) is 5.32 Å². The molecule has 0 saturated heterocycles. The Balaban J connectivity index is 0. The third kappa shape index (κ3) is 7.44. The maximum Gasteiger partial charge on any atom is 1.00 e. The van der Waals surface area contributed by atoms with Crippen molar-refractivity contribution in [3.05, 3.63) is 0 Å². The Kier molecular flexibility index (Phi) is 6.20. The fourth-order valence-corrected chi connectivity index (χ4v) is 0.825. The van der Waals surface area contributed by atoms with E-state index in [1.165, 1.54) is 0 Å². The molecule has 68 valence electrons. The molecule has 0 aliphatic rings. The summed E-state index contributed by atoms with van der Waals surface area (Å²) in [6.07, 6.45) is 0.